The van der Waals surface area contributed by atoms with Gasteiger partial charge in [0.25, 0.3) is 0 Å². The second kappa shape index (κ2) is 7.75. The number of allylic oxidation sites excluding steroid dienone is 2. The molecule has 2 aliphatic rings. The van der Waals surface area contributed by atoms with Crippen LogP contribution >= 0.6 is 0 Å². The van der Waals surface area contributed by atoms with Gasteiger partial charge in [-0.05, 0) is 49.4 Å². The van der Waals surface area contributed by atoms with Gasteiger partial charge in [-0.25, -0.2) is 0 Å². The number of likely N-dealkylation sites (tertiary alicyclic amines) is 1. The fraction of sp³-hybridized carbons (Fsp3) is 0.429. The van der Waals surface area contributed by atoms with Crippen molar-refractivity contribution in [1.82, 2.24) is 4.90 Å². The molecule has 1 saturated heterocycles. The van der Waals surface area contributed by atoms with E-state index in [4.69, 9.17) is 5.26 Å². The quantitative estimate of drug-likeness (QED) is 0.642. The molecule has 1 fully saturated rings. The Morgan fingerprint density at radius 3 is 2.19 bits per heavy atom. The van der Waals surface area contributed by atoms with Gasteiger partial charge in [-0.15, -0.1) is 0 Å². The van der Waals surface area contributed by atoms with Crippen molar-refractivity contribution < 1.29 is 14.4 Å². The molecule has 140 valence electrons. The van der Waals surface area contributed by atoms with Gasteiger partial charge in [-0.2, -0.15) is 5.26 Å². The number of anilines is 1. The van der Waals surface area contributed by atoms with E-state index < -0.39 is 6.04 Å². The van der Waals surface area contributed by atoms with Crippen LogP contribution in [0.2, 0.25) is 0 Å². The van der Waals surface area contributed by atoms with Gasteiger partial charge in [0.05, 0.1) is 23.5 Å². The number of carbonyl (C=O) groups excluding carboxylic acids is 3. The van der Waals surface area contributed by atoms with Gasteiger partial charge in [0.2, 0.25) is 17.7 Å². The third kappa shape index (κ3) is 3.77. The minimum absolute atomic E-state index is 0.142. The molecule has 6 heteroatoms. The van der Waals surface area contributed by atoms with Crippen molar-refractivity contribution in [2.45, 2.75) is 39.2 Å². The molecule has 0 spiro atoms. The van der Waals surface area contributed by atoms with E-state index in [2.05, 4.69) is 5.32 Å². The monoisotopic (exact) mass is 365 g/mol. The molecule has 0 saturated carbocycles. The fourth-order valence-corrected chi connectivity index (χ4v) is 3.76. The van der Waals surface area contributed by atoms with E-state index in [-0.39, 0.29) is 35.5 Å². The molecule has 1 aliphatic carbocycles. The van der Waals surface area contributed by atoms with E-state index >= 15 is 0 Å². The highest BCUT2D eigenvalue weighted by molar-refractivity contribution is 6.10. The number of hydrogen-bond acceptors (Lipinski definition) is 4. The first-order valence-electron chi connectivity index (χ1n) is 9.25. The molecular weight excluding hydrogens is 342 g/mol. The summed E-state index contributed by atoms with van der Waals surface area (Å²) in [5.41, 5.74) is 1.03. The van der Waals surface area contributed by atoms with Gasteiger partial charge in [-0.3, -0.25) is 19.3 Å². The summed E-state index contributed by atoms with van der Waals surface area (Å²) in [4.78, 5) is 39.9. The van der Waals surface area contributed by atoms with Gasteiger partial charge in [0.15, 0.2) is 0 Å². The zero-order valence-electron chi connectivity index (χ0n) is 15.5. The predicted molar refractivity (Wildman–Crippen MR) is 100 cm³/mol. The van der Waals surface area contributed by atoms with Crippen LogP contribution in [0.4, 0.5) is 5.69 Å². The lowest BCUT2D eigenvalue weighted by Gasteiger charge is -2.27. The van der Waals surface area contributed by atoms with Crippen molar-refractivity contribution in [3.63, 3.8) is 0 Å². The molecule has 3 amide bonds. The molecule has 1 aromatic rings. The molecule has 3 atom stereocenters. The Labute approximate surface area is 158 Å². The number of benzene rings is 1. The van der Waals surface area contributed by atoms with Crippen LogP contribution in [0.25, 0.3) is 0 Å². The Morgan fingerprint density at radius 2 is 1.70 bits per heavy atom. The Kier molecular flexibility index (Phi) is 5.41. The lowest BCUT2D eigenvalue weighted by Crippen LogP contribution is -2.48. The topological polar surface area (TPSA) is 90.3 Å². The number of imide groups is 1. The first kappa shape index (κ1) is 18.8. The van der Waals surface area contributed by atoms with E-state index in [9.17, 15) is 14.4 Å². The second-order valence-electron chi connectivity index (χ2n) is 7.53. The maximum absolute atomic E-state index is 12.9. The maximum atomic E-state index is 12.9. The number of fused-ring (bicyclic) bond motifs is 1. The highest BCUT2D eigenvalue weighted by atomic mass is 16.2. The van der Waals surface area contributed by atoms with Gasteiger partial charge >= 0.3 is 0 Å². The average molecular weight is 365 g/mol. The van der Waals surface area contributed by atoms with Crippen molar-refractivity contribution in [3.05, 3.63) is 42.0 Å². The van der Waals surface area contributed by atoms with Crippen LogP contribution < -0.4 is 5.32 Å². The molecule has 0 bridgehead atoms. The first-order valence-corrected chi connectivity index (χ1v) is 9.25. The van der Waals surface area contributed by atoms with Crippen molar-refractivity contribution >= 4 is 23.4 Å². The van der Waals surface area contributed by atoms with Crippen molar-refractivity contribution in [1.29, 1.82) is 5.26 Å². The standard InChI is InChI=1S/C21H23N3O3/c1-13(2)11-18(19(25)23-15-9-7-14(12-22)8-10-15)24-20(26)16-5-3-4-6-17(16)21(24)27/h3-4,7-10,13,16-18H,5-6,11H2,1-2H3,(H,23,25). The SMILES string of the molecule is CC(C)CC(C(=O)Nc1ccc(C#N)cc1)N1C(=O)C2CC=CCC2C1=O. The van der Waals surface area contributed by atoms with Crippen LogP contribution in [0.5, 0.6) is 0 Å². The van der Waals surface area contributed by atoms with Gasteiger partial charge < -0.3 is 5.32 Å². The third-order valence-electron chi connectivity index (χ3n) is 5.13. The van der Waals surface area contributed by atoms with E-state index in [1.54, 1.807) is 24.3 Å². The summed E-state index contributed by atoms with van der Waals surface area (Å²) in [6, 6.07) is 7.70. The average Bonchev–Trinajstić information content (AvgIpc) is 2.91. The van der Waals surface area contributed by atoms with E-state index in [1.165, 1.54) is 4.90 Å². The molecule has 1 aromatic carbocycles. The summed E-state index contributed by atoms with van der Waals surface area (Å²) in [5, 5.41) is 11.7. The van der Waals surface area contributed by atoms with Crippen LogP contribution in [0.15, 0.2) is 36.4 Å². The number of carbonyl (C=O) groups is 3. The van der Waals surface area contributed by atoms with Crippen LogP contribution in [0.1, 0.15) is 38.7 Å². The van der Waals surface area contributed by atoms with Crippen LogP contribution in [-0.4, -0.2) is 28.7 Å². The number of nitrogens with one attached hydrogen (secondary N) is 1. The summed E-state index contributed by atoms with van der Waals surface area (Å²) in [7, 11) is 0. The zero-order chi connectivity index (χ0) is 19.6. The van der Waals surface area contributed by atoms with E-state index in [0.717, 1.165) is 0 Å². The third-order valence-corrected chi connectivity index (χ3v) is 5.13. The molecule has 27 heavy (non-hydrogen) atoms. The normalized spacial score (nSPS) is 22.5. The van der Waals surface area contributed by atoms with Gasteiger partial charge in [-0.1, -0.05) is 26.0 Å². The smallest absolute Gasteiger partial charge is 0.247 e. The first-order chi connectivity index (χ1) is 12.9. The Morgan fingerprint density at radius 1 is 1.15 bits per heavy atom. The van der Waals surface area contributed by atoms with E-state index in [1.807, 2.05) is 32.1 Å². The molecule has 1 aliphatic heterocycles. The maximum Gasteiger partial charge on any atom is 0.247 e. The van der Waals surface area contributed by atoms with Crippen LogP contribution in [0.3, 0.4) is 0 Å². The fourth-order valence-electron chi connectivity index (χ4n) is 3.76. The second-order valence-corrected chi connectivity index (χ2v) is 7.53. The zero-order valence-corrected chi connectivity index (χ0v) is 15.5. The number of nitrogens with zero attached hydrogens (tertiary/aromatic N) is 2. The summed E-state index contributed by atoms with van der Waals surface area (Å²) in [6.07, 6.45) is 5.38. The highest BCUT2D eigenvalue weighted by Crippen LogP contribution is 2.37. The predicted octanol–water partition coefficient (Wildman–Crippen LogP) is 2.86. The van der Waals surface area contributed by atoms with Gasteiger partial charge in [0, 0.05) is 5.69 Å². The Hall–Kier alpha value is -2.94. The Balaban J connectivity index is 1.82. The van der Waals surface area contributed by atoms with Crippen molar-refractivity contribution in [3.8, 4) is 6.07 Å². The van der Waals surface area contributed by atoms with Crippen LogP contribution in [0, 0.1) is 29.1 Å². The highest BCUT2D eigenvalue weighted by Gasteiger charge is 2.51. The summed E-state index contributed by atoms with van der Waals surface area (Å²) in [5.74, 6) is -1.41. The van der Waals surface area contributed by atoms with Crippen molar-refractivity contribution in [2.75, 3.05) is 5.32 Å². The molecule has 6 nitrogen and oxygen atoms in total. The number of nitriles is 1. The Bertz CT molecular complexity index is 794. The van der Waals surface area contributed by atoms with Crippen molar-refractivity contribution in [2.24, 2.45) is 17.8 Å². The summed E-state index contributed by atoms with van der Waals surface area (Å²) >= 11 is 0. The number of rotatable bonds is 5. The molecule has 1 N–H and O–H groups in total. The number of hydrogen-bond donors (Lipinski definition) is 1. The van der Waals surface area contributed by atoms with Gasteiger partial charge in [0.1, 0.15) is 6.04 Å². The molecule has 3 unspecified atom stereocenters. The van der Waals surface area contributed by atoms with Crippen LogP contribution in [-0.2, 0) is 14.4 Å². The summed E-state index contributed by atoms with van der Waals surface area (Å²) < 4.78 is 0. The minimum Gasteiger partial charge on any atom is -0.324 e. The number of amides is 3. The lowest BCUT2D eigenvalue weighted by atomic mass is 9.85. The molecule has 1 heterocycles. The largest absolute Gasteiger partial charge is 0.324 e. The molecular formula is C21H23N3O3. The molecule has 0 aromatic heterocycles. The van der Waals surface area contributed by atoms with E-state index in [0.29, 0.717) is 30.5 Å². The lowest BCUT2D eigenvalue weighted by molar-refractivity contribution is -0.147. The minimum atomic E-state index is -0.828. The molecule has 0 radical (unpaired) electrons. The summed E-state index contributed by atoms with van der Waals surface area (Å²) in [6.45, 7) is 3.92. The molecule has 3 rings (SSSR count).